The minimum absolute atomic E-state index is 0.319. The number of hydrogen-bond acceptors (Lipinski definition) is 6. The highest BCUT2D eigenvalue weighted by molar-refractivity contribution is 8.15. The highest BCUT2D eigenvalue weighted by Gasteiger charge is 2.27. The first-order valence-corrected chi connectivity index (χ1v) is 10.2. The SMILES string of the molecule is CCOC(=O)c1nc(C2=NCC(c3ccccc3)S2)sc1CC(C)C. The van der Waals surface area contributed by atoms with Gasteiger partial charge in [-0.3, -0.25) is 4.99 Å². The van der Waals surface area contributed by atoms with Gasteiger partial charge in [0.2, 0.25) is 0 Å². The van der Waals surface area contributed by atoms with Crippen molar-refractivity contribution in [2.75, 3.05) is 13.2 Å². The van der Waals surface area contributed by atoms with Crippen LogP contribution in [-0.2, 0) is 11.2 Å². The molecule has 3 rings (SSSR count). The van der Waals surface area contributed by atoms with Crippen molar-refractivity contribution < 1.29 is 9.53 Å². The van der Waals surface area contributed by atoms with E-state index in [2.05, 4.69) is 48.1 Å². The number of esters is 1. The average Bonchev–Trinajstić information content (AvgIpc) is 3.22. The van der Waals surface area contributed by atoms with Crippen molar-refractivity contribution in [2.24, 2.45) is 10.9 Å². The molecule has 6 heteroatoms. The Kier molecular flexibility index (Phi) is 5.91. The van der Waals surface area contributed by atoms with Crippen LogP contribution in [0.2, 0.25) is 0 Å². The molecule has 0 spiro atoms. The van der Waals surface area contributed by atoms with Crippen LogP contribution < -0.4 is 0 Å². The van der Waals surface area contributed by atoms with E-state index >= 15 is 0 Å². The van der Waals surface area contributed by atoms with Gasteiger partial charge >= 0.3 is 5.97 Å². The fourth-order valence-electron chi connectivity index (χ4n) is 2.65. The summed E-state index contributed by atoms with van der Waals surface area (Å²) in [5, 5.41) is 2.08. The van der Waals surface area contributed by atoms with Crippen LogP contribution >= 0.6 is 23.1 Å². The summed E-state index contributed by atoms with van der Waals surface area (Å²) in [4.78, 5) is 22.5. The molecular formula is C19H22N2O2S2. The van der Waals surface area contributed by atoms with Crippen molar-refractivity contribution in [1.82, 2.24) is 4.98 Å². The summed E-state index contributed by atoms with van der Waals surface area (Å²) in [7, 11) is 0. The Hall–Kier alpha value is -1.66. The lowest BCUT2D eigenvalue weighted by molar-refractivity contribution is 0.0519. The number of rotatable bonds is 6. The van der Waals surface area contributed by atoms with Crippen LogP contribution in [0.3, 0.4) is 0 Å². The standard InChI is InChI=1S/C19H22N2O2S2/c1-4-23-19(22)16-14(10-12(2)3)24-18(21-16)17-20-11-15(25-17)13-8-6-5-7-9-13/h5-9,12,15H,4,10-11H2,1-3H3. The third-order valence-corrected chi connectivity index (χ3v) is 6.23. The summed E-state index contributed by atoms with van der Waals surface area (Å²) < 4.78 is 5.18. The topological polar surface area (TPSA) is 51.5 Å². The molecular weight excluding hydrogens is 352 g/mol. The molecule has 1 unspecified atom stereocenters. The van der Waals surface area contributed by atoms with E-state index in [4.69, 9.17) is 4.74 Å². The van der Waals surface area contributed by atoms with E-state index in [9.17, 15) is 4.79 Å². The molecule has 0 saturated carbocycles. The summed E-state index contributed by atoms with van der Waals surface area (Å²) in [6, 6.07) is 10.4. The Morgan fingerprint density at radius 3 is 2.76 bits per heavy atom. The molecule has 0 bridgehead atoms. The van der Waals surface area contributed by atoms with E-state index in [1.165, 1.54) is 5.56 Å². The van der Waals surface area contributed by atoms with Gasteiger partial charge in [0.15, 0.2) is 5.69 Å². The molecule has 2 heterocycles. The van der Waals surface area contributed by atoms with E-state index < -0.39 is 0 Å². The predicted molar refractivity (Wildman–Crippen MR) is 105 cm³/mol. The van der Waals surface area contributed by atoms with E-state index in [0.717, 1.165) is 27.9 Å². The Morgan fingerprint density at radius 2 is 2.08 bits per heavy atom. The van der Waals surface area contributed by atoms with Crippen molar-refractivity contribution in [3.8, 4) is 0 Å². The largest absolute Gasteiger partial charge is 0.461 e. The fourth-order valence-corrected chi connectivity index (χ4v) is 5.09. The van der Waals surface area contributed by atoms with E-state index in [1.54, 1.807) is 23.1 Å². The summed E-state index contributed by atoms with van der Waals surface area (Å²) in [5.41, 5.74) is 1.73. The summed E-state index contributed by atoms with van der Waals surface area (Å²) >= 11 is 3.30. The maximum absolute atomic E-state index is 12.2. The lowest BCUT2D eigenvalue weighted by Crippen LogP contribution is -2.09. The smallest absolute Gasteiger partial charge is 0.358 e. The molecule has 1 aromatic heterocycles. The first kappa shape index (κ1) is 18.1. The van der Waals surface area contributed by atoms with E-state index in [1.807, 2.05) is 13.0 Å². The monoisotopic (exact) mass is 374 g/mol. The molecule has 0 radical (unpaired) electrons. The van der Waals surface area contributed by atoms with Crippen LogP contribution in [-0.4, -0.2) is 29.1 Å². The maximum atomic E-state index is 12.2. The van der Waals surface area contributed by atoms with Gasteiger partial charge in [0.25, 0.3) is 0 Å². The van der Waals surface area contributed by atoms with Crippen LogP contribution in [0.4, 0.5) is 0 Å². The van der Waals surface area contributed by atoms with Gasteiger partial charge in [-0.25, -0.2) is 9.78 Å². The average molecular weight is 375 g/mol. The van der Waals surface area contributed by atoms with Gasteiger partial charge in [0, 0.05) is 4.88 Å². The van der Waals surface area contributed by atoms with Crippen molar-refractivity contribution in [1.29, 1.82) is 0 Å². The van der Waals surface area contributed by atoms with Crippen LogP contribution in [0, 0.1) is 5.92 Å². The van der Waals surface area contributed by atoms with Gasteiger partial charge in [-0.2, -0.15) is 0 Å². The zero-order chi connectivity index (χ0) is 17.8. The van der Waals surface area contributed by atoms with Crippen molar-refractivity contribution >= 4 is 34.1 Å². The Balaban J connectivity index is 1.82. The number of thioether (sulfide) groups is 1. The van der Waals surface area contributed by atoms with Crippen LogP contribution in [0.25, 0.3) is 0 Å². The predicted octanol–water partition coefficient (Wildman–Crippen LogP) is 4.75. The Labute approximate surface area is 156 Å². The lowest BCUT2D eigenvalue weighted by Gasteiger charge is -2.07. The van der Waals surface area contributed by atoms with E-state index in [-0.39, 0.29) is 5.97 Å². The number of benzene rings is 1. The normalized spacial score (nSPS) is 17.0. The van der Waals surface area contributed by atoms with E-state index in [0.29, 0.717) is 23.5 Å². The number of hydrogen-bond donors (Lipinski definition) is 0. The molecule has 1 aliphatic heterocycles. The molecule has 1 aliphatic rings. The Morgan fingerprint density at radius 1 is 1.32 bits per heavy atom. The van der Waals surface area contributed by atoms with Gasteiger partial charge in [0.05, 0.1) is 18.4 Å². The third-order valence-electron chi connectivity index (χ3n) is 3.77. The minimum Gasteiger partial charge on any atom is -0.461 e. The molecule has 0 amide bonds. The first-order valence-electron chi connectivity index (χ1n) is 8.51. The number of nitrogens with zero attached hydrogens (tertiary/aromatic N) is 2. The van der Waals surface area contributed by atoms with Gasteiger partial charge in [-0.1, -0.05) is 55.9 Å². The van der Waals surface area contributed by atoms with Crippen molar-refractivity contribution in [2.45, 2.75) is 32.4 Å². The molecule has 2 aromatic rings. The number of aromatic nitrogens is 1. The van der Waals surface area contributed by atoms with Gasteiger partial charge in [-0.05, 0) is 24.8 Å². The summed E-state index contributed by atoms with van der Waals surface area (Å²) in [5.74, 6) is 0.126. The molecule has 4 nitrogen and oxygen atoms in total. The highest BCUT2D eigenvalue weighted by Crippen LogP contribution is 2.39. The fraction of sp³-hybridized carbons (Fsp3) is 0.421. The molecule has 0 N–H and O–H groups in total. The quantitative estimate of drug-likeness (QED) is 0.685. The van der Waals surface area contributed by atoms with Crippen LogP contribution in [0.5, 0.6) is 0 Å². The molecule has 0 saturated heterocycles. The van der Waals surface area contributed by atoms with Crippen LogP contribution in [0.15, 0.2) is 35.3 Å². The number of ether oxygens (including phenoxy) is 1. The molecule has 1 atom stereocenters. The zero-order valence-electron chi connectivity index (χ0n) is 14.7. The highest BCUT2D eigenvalue weighted by atomic mass is 32.2. The van der Waals surface area contributed by atoms with Gasteiger partial charge < -0.3 is 4.74 Å². The second-order valence-corrected chi connectivity index (χ2v) is 8.55. The Bertz CT molecular complexity index is 769. The van der Waals surface area contributed by atoms with Crippen molar-refractivity contribution in [3.05, 3.63) is 51.5 Å². The molecule has 0 fully saturated rings. The molecule has 132 valence electrons. The van der Waals surface area contributed by atoms with Gasteiger partial charge in [-0.15, -0.1) is 11.3 Å². The molecule has 0 aliphatic carbocycles. The number of carbonyl (C=O) groups excluding carboxylic acids is 1. The number of thiazole rings is 1. The van der Waals surface area contributed by atoms with Crippen LogP contribution in [0.1, 0.15) is 52.0 Å². The lowest BCUT2D eigenvalue weighted by atomic mass is 10.1. The zero-order valence-corrected chi connectivity index (χ0v) is 16.3. The second-order valence-electron chi connectivity index (χ2n) is 6.27. The first-order chi connectivity index (χ1) is 12.1. The minimum atomic E-state index is -0.330. The maximum Gasteiger partial charge on any atom is 0.358 e. The third kappa shape index (κ3) is 4.30. The second kappa shape index (κ2) is 8.15. The summed E-state index contributed by atoms with van der Waals surface area (Å²) in [6.45, 7) is 7.20. The summed E-state index contributed by atoms with van der Waals surface area (Å²) in [6.07, 6.45) is 0.825. The number of aliphatic imine (C=N–C) groups is 1. The van der Waals surface area contributed by atoms with Crippen molar-refractivity contribution in [3.63, 3.8) is 0 Å². The number of carbonyl (C=O) groups is 1. The molecule has 25 heavy (non-hydrogen) atoms. The van der Waals surface area contributed by atoms with Gasteiger partial charge in [0.1, 0.15) is 10.1 Å². The molecule has 1 aromatic carbocycles.